The molecule has 0 radical (unpaired) electrons. The summed E-state index contributed by atoms with van der Waals surface area (Å²) >= 11 is 1.82. The highest BCUT2D eigenvalue weighted by atomic mass is 32.2. The Balaban J connectivity index is 1.69. The van der Waals surface area contributed by atoms with Crippen LogP contribution >= 0.6 is 11.8 Å². The van der Waals surface area contributed by atoms with Crippen LogP contribution in [0, 0.1) is 0 Å². The summed E-state index contributed by atoms with van der Waals surface area (Å²) in [6.07, 6.45) is 5.15. The van der Waals surface area contributed by atoms with E-state index in [1.54, 1.807) is 0 Å². The molecule has 0 spiro atoms. The molecule has 0 bridgehead atoms. The van der Waals surface area contributed by atoms with E-state index >= 15 is 0 Å². The van der Waals surface area contributed by atoms with Crippen molar-refractivity contribution in [1.82, 2.24) is 9.78 Å². The smallest absolute Gasteiger partial charge is 0.150 e. The van der Waals surface area contributed by atoms with Crippen LogP contribution in [-0.4, -0.2) is 28.9 Å². The zero-order valence-electron chi connectivity index (χ0n) is 13.2. The van der Waals surface area contributed by atoms with Gasteiger partial charge in [-0.05, 0) is 17.4 Å². The first-order valence-corrected chi connectivity index (χ1v) is 8.86. The predicted octanol–water partition coefficient (Wildman–Crippen LogP) is 2.68. The van der Waals surface area contributed by atoms with Gasteiger partial charge < -0.3 is 15.5 Å². The lowest BCUT2D eigenvalue weighted by atomic mass is 10.2. The Morgan fingerprint density at radius 1 is 1.26 bits per heavy atom. The third kappa shape index (κ3) is 2.62. The van der Waals surface area contributed by atoms with Crippen molar-refractivity contribution in [2.24, 2.45) is 12.8 Å². The topological polar surface area (TPSA) is 50.3 Å². The van der Waals surface area contributed by atoms with Crippen molar-refractivity contribution in [3.63, 3.8) is 0 Å². The van der Waals surface area contributed by atoms with Gasteiger partial charge in [0.25, 0.3) is 0 Å². The van der Waals surface area contributed by atoms with Gasteiger partial charge in [-0.3, -0.25) is 4.68 Å². The molecule has 23 heavy (non-hydrogen) atoms. The number of thioether (sulfide) groups is 1. The summed E-state index contributed by atoms with van der Waals surface area (Å²) in [5, 5.41) is 6.92. The van der Waals surface area contributed by atoms with Gasteiger partial charge in [-0.1, -0.05) is 30.3 Å². The van der Waals surface area contributed by atoms with Gasteiger partial charge in [0.1, 0.15) is 11.1 Å². The molecule has 0 saturated carbocycles. The van der Waals surface area contributed by atoms with Crippen LogP contribution in [0.2, 0.25) is 0 Å². The first kappa shape index (κ1) is 14.7. The van der Waals surface area contributed by atoms with E-state index < -0.39 is 0 Å². The van der Waals surface area contributed by atoms with Crippen LogP contribution in [0.1, 0.15) is 17.4 Å². The van der Waals surface area contributed by atoms with Crippen LogP contribution in [0.15, 0.2) is 48.1 Å². The quantitative estimate of drug-likeness (QED) is 0.939. The molecule has 120 valence electrons. The minimum absolute atomic E-state index is 0.256. The summed E-state index contributed by atoms with van der Waals surface area (Å²) < 4.78 is 1.96. The molecule has 1 fully saturated rings. The number of rotatable bonds is 3. The fourth-order valence-corrected chi connectivity index (χ4v) is 4.31. The van der Waals surface area contributed by atoms with Gasteiger partial charge in [0.15, 0.2) is 5.82 Å². The molecular weight excluding hydrogens is 306 g/mol. The Morgan fingerprint density at radius 3 is 2.83 bits per heavy atom. The average molecular weight is 327 g/mol. The molecule has 2 N–H and O–H groups in total. The number of hydrogen-bond acceptors (Lipinski definition) is 5. The SMILES string of the molecule is Cn1ncc(N2C=CSC2c2ccccc2)c1N1CCC(N)C1. The molecule has 1 aromatic carbocycles. The molecule has 1 aromatic heterocycles. The van der Waals surface area contributed by atoms with Crippen molar-refractivity contribution in [3.8, 4) is 0 Å². The van der Waals surface area contributed by atoms with E-state index in [0.29, 0.717) is 0 Å². The first-order valence-electron chi connectivity index (χ1n) is 7.92. The van der Waals surface area contributed by atoms with E-state index in [1.165, 1.54) is 5.56 Å². The molecule has 2 unspecified atom stereocenters. The van der Waals surface area contributed by atoms with Gasteiger partial charge in [0.05, 0.1) is 6.20 Å². The van der Waals surface area contributed by atoms with Crippen LogP contribution in [0.4, 0.5) is 11.5 Å². The maximum absolute atomic E-state index is 6.10. The summed E-state index contributed by atoms with van der Waals surface area (Å²) in [5.41, 5.74) is 8.55. The first-order chi connectivity index (χ1) is 11.2. The molecule has 2 atom stereocenters. The lowest BCUT2D eigenvalue weighted by Gasteiger charge is -2.28. The number of nitrogens with zero attached hydrogens (tertiary/aromatic N) is 4. The van der Waals surface area contributed by atoms with E-state index in [1.807, 2.05) is 29.7 Å². The highest BCUT2D eigenvalue weighted by Gasteiger charge is 2.30. The maximum atomic E-state index is 6.10. The minimum atomic E-state index is 0.256. The fourth-order valence-electron chi connectivity index (χ4n) is 3.33. The van der Waals surface area contributed by atoms with E-state index in [0.717, 1.165) is 31.0 Å². The maximum Gasteiger partial charge on any atom is 0.150 e. The van der Waals surface area contributed by atoms with Crippen molar-refractivity contribution in [2.75, 3.05) is 22.9 Å². The zero-order valence-corrected chi connectivity index (χ0v) is 14.0. The van der Waals surface area contributed by atoms with Crippen molar-refractivity contribution < 1.29 is 0 Å². The van der Waals surface area contributed by atoms with E-state index in [4.69, 9.17) is 5.73 Å². The third-order valence-corrected chi connectivity index (χ3v) is 5.49. The summed E-state index contributed by atoms with van der Waals surface area (Å²) in [4.78, 5) is 4.66. The molecule has 1 saturated heterocycles. The monoisotopic (exact) mass is 327 g/mol. The van der Waals surface area contributed by atoms with E-state index in [9.17, 15) is 0 Å². The summed E-state index contributed by atoms with van der Waals surface area (Å²) in [7, 11) is 2.01. The number of benzene rings is 1. The Bertz CT molecular complexity index is 711. The standard InChI is InChI=1S/C17H21N5S/c1-20-16(21-8-7-14(18)12-21)15(11-19-20)22-9-10-23-17(22)13-5-3-2-4-6-13/h2-6,9-11,14,17H,7-8,12,18H2,1H3. The predicted molar refractivity (Wildman–Crippen MR) is 96.4 cm³/mol. The van der Waals surface area contributed by atoms with E-state index in [-0.39, 0.29) is 11.4 Å². The summed E-state index contributed by atoms with van der Waals surface area (Å²) in [6, 6.07) is 10.9. The Hall–Kier alpha value is -1.92. The van der Waals surface area contributed by atoms with Gasteiger partial charge in [-0.25, -0.2) is 0 Å². The molecule has 2 aromatic rings. The lowest BCUT2D eigenvalue weighted by molar-refractivity contribution is 0.726. The molecule has 3 heterocycles. The highest BCUT2D eigenvalue weighted by molar-refractivity contribution is 8.02. The lowest BCUT2D eigenvalue weighted by Crippen LogP contribution is -2.29. The zero-order chi connectivity index (χ0) is 15.8. The molecule has 5 nitrogen and oxygen atoms in total. The summed E-state index contributed by atoms with van der Waals surface area (Å²) in [5.74, 6) is 1.16. The molecule has 0 amide bonds. The number of aromatic nitrogens is 2. The minimum Gasteiger partial charge on any atom is -0.353 e. The fraction of sp³-hybridized carbons (Fsp3) is 0.353. The number of nitrogens with two attached hydrogens (primary N) is 1. The van der Waals surface area contributed by atoms with Crippen LogP contribution in [-0.2, 0) is 7.05 Å². The third-order valence-electron chi connectivity index (χ3n) is 4.46. The van der Waals surface area contributed by atoms with E-state index in [2.05, 4.69) is 56.8 Å². The molecule has 2 aliphatic rings. The Labute approximate surface area is 140 Å². The number of aryl methyl sites for hydroxylation is 1. The molecule has 4 rings (SSSR count). The van der Waals surface area contributed by atoms with Gasteiger partial charge in [-0.2, -0.15) is 5.10 Å². The van der Waals surface area contributed by atoms with Gasteiger partial charge >= 0.3 is 0 Å². The number of hydrogen-bond donors (Lipinski definition) is 1. The molecule has 2 aliphatic heterocycles. The second kappa shape index (κ2) is 5.94. The van der Waals surface area contributed by atoms with Crippen molar-refractivity contribution in [1.29, 1.82) is 0 Å². The second-order valence-corrected chi connectivity index (χ2v) is 7.05. The Kier molecular flexibility index (Phi) is 3.79. The summed E-state index contributed by atoms with van der Waals surface area (Å²) in [6.45, 7) is 1.89. The van der Waals surface area contributed by atoms with Crippen LogP contribution in [0.5, 0.6) is 0 Å². The van der Waals surface area contributed by atoms with Crippen LogP contribution < -0.4 is 15.5 Å². The van der Waals surface area contributed by atoms with Gasteiger partial charge in [0, 0.05) is 32.4 Å². The van der Waals surface area contributed by atoms with Gasteiger partial charge in [0.2, 0.25) is 0 Å². The van der Waals surface area contributed by atoms with Crippen molar-refractivity contribution in [2.45, 2.75) is 17.8 Å². The van der Waals surface area contributed by atoms with Crippen molar-refractivity contribution in [3.05, 3.63) is 53.7 Å². The average Bonchev–Trinajstić information content (AvgIpc) is 3.27. The van der Waals surface area contributed by atoms with Crippen LogP contribution in [0.25, 0.3) is 0 Å². The largest absolute Gasteiger partial charge is 0.353 e. The second-order valence-electron chi connectivity index (χ2n) is 6.06. The molecular formula is C17H21N5S. The van der Waals surface area contributed by atoms with Gasteiger partial charge in [-0.15, -0.1) is 11.8 Å². The Morgan fingerprint density at radius 2 is 2.09 bits per heavy atom. The highest BCUT2D eigenvalue weighted by Crippen LogP contribution is 2.45. The molecule has 6 heteroatoms. The van der Waals surface area contributed by atoms with Crippen molar-refractivity contribution >= 4 is 23.3 Å². The van der Waals surface area contributed by atoms with Crippen LogP contribution in [0.3, 0.4) is 0 Å². The number of anilines is 2. The molecule has 0 aliphatic carbocycles. The normalized spacial score (nSPS) is 23.9.